The third-order valence-electron chi connectivity index (χ3n) is 1.96. The SMILES string of the molecule is CC#Cn1ccc2cc(Cl)c(Cl)cc21. The van der Waals surface area contributed by atoms with Crippen LogP contribution in [0.1, 0.15) is 6.92 Å². The van der Waals surface area contributed by atoms with Crippen LogP contribution >= 0.6 is 23.2 Å². The average Bonchev–Trinajstić information content (AvgIpc) is 2.51. The van der Waals surface area contributed by atoms with Crippen molar-refractivity contribution in [2.24, 2.45) is 0 Å². The van der Waals surface area contributed by atoms with Crippen molar-refractivity contribution in [3.8, 4) is 12.0 Å². The molecule has 2 aromatic rings. The van der Waals surface area contributed by atoms with Crippen molar-refractivity contribution in [2.45, 2.75) is 6.92 Å². The molecule has 3 heteroatoms. The first kappa shape index (κ1) is 9.45. The second kappa shape index (κ2) is 3.57. The van der Waals surface area contributed by atoms with E-state index in [2.05, 4.69) is 12.0 Å². The van der Waals surface area contributed by atoms with Gasteiger partial charge in [-0.3, -0.25) is 4.57 Å². The van der Waals surface area contributed by atoms with Gasteiger partial charge in [-0.15, -0.1) is 0 Å². The van der Waals surface area contributed by atoms with Gasteiger partial charge in [-0.25, -0.2) is 0 Å². The van der Waals surface area contributed by atoms with Gasteiger partial charge in [-0.1, -0.05) is 29.1 Å². The second-order valence-corrected chi connectivity index (χ2v) is 3.69. The van der Waals surface area contributed by atoms with E-state index in [1.165, 1.54) is 0 Å². The number of hydrogen-bond acceptors (Lipinski definition) is 0. The highest BCUT2D eigenvalue weighted by molar-refractivity contribution is 6.42. The molecule has 0 spiro atoms. The normalized spacial score (nSPS) is 9.93. The molecule has 1 aromatic carbocycles. The lowest BCUT2D eigenvalue weighted by molar-refractivity contribution is 1.20. The highest BCUT2D eigenvalue weighted by Gasteiger charge is 2.03. The molecule has 2 rings (SSSR count). The van der Waals surface area contributed by atoms with Gasteiger partial charge >= 0.3 is 0 Å². The molecule has 1 nitrogen and oxygen atoms in total. The molecule has 0 atom stereocenters. The molecular formula is C11H7Cl2N. The fourth-order valence-corrected chi connectivity index (χ4v) is 1.68. The molecule has 0 radical (unpaired) electrons. The van der Waals surface area contributed by atoms with Gasteiger partial charge in [0.1, 0.15) is 0 Å². The van der Waals surface area contributed by atoms with Crippen LogP contribution in [0.25, 0.3) is 10.9 Å². The lowest BCUT2D eigenvalue weighted by Crippen LogP contribution is -1.84. The predicted octanol–water partition coefficient (Wildman–Crippen LogP) is 3.78. The van der Waals surface area contributed by atoms with Gasteiger partial charge in [0.25, 0.3) is 0 Å². The van der Waals surface area contributed by atoms with E-state index in [4.69, 9.17) is 23.2 Å². The first-order valence-electron chi connectivity index (χ1n) is 4.11. The smallest absolute Gasteiger partial charge is 0.0627 e. The van der Waals surface area contributed by atoms with Crippen LogP contribution in [0.4, 0.5) is 0 Å². The largest absolute Gasteiger partial charge is 0.276 e. The van der Waals surface area contributed by atoms with Gasteiger partial charge in [-0.2, -0.15) is 0 Å². The molecule has 0 saturated heterocycles. The maximum atomic E-state index is 5.92. The van der Waals surface area contributed by atoms with Gasteiger partial charge in [0.05, 0.1) is 15.6 Å². The summed E-state index contributed by atoms with van der Waals surface area (Å²) in [7, 11) is 0. The molecular weight excluding hydrogens is 217 g/mol. The quantitative estimate of drug-likeness (QED) is 0.600. The van der Waals surface area contributed by atoms with Gasteiger partial charge < -0.3 is 0 Å². The molecule has 0 amide bonds. The van der Waals surface area contributed by atoms with Crippen LogP contribution in [0.3, 0.4) is 0 Å². The Bertz CT molecular complexity index is 543. The van der Waals surface area contributed by atoms with Crippen LogP contribution < -0.4 is 0 Å². The van der Waals surface area contributed by atoms with Crippen molar-refractivity contribution in [3.05, 3.63) is 34.4 Å². The van der Waals surface area contributed by atoms with E-state index in [9.17, 15) is 0 Å². The molecule has 70 valence electrons. The molecule has 0 fully saturated rings. The number of benzene rings is 1. The fourth-order valence-electron chi connectivity index (χ4n) is 1.35. The summed E-state index contributed by atoms with van der Waals surface area (Å²) in [5, 5.41) is 2.17. The van der Waals surface area contributed by atoms with Crippen molar-refractivity contribution < 1.29 is 0 Å². The van der Waals surface area contributed by atoms with Crippen molar-refractivity contribution in [3.63, 3.8) is 0 Å². The summed E-state index contributed by atoms with van der Waals surface area (Å²) in [6, 6.07) is 8.57. The third kappa shape index (κ3) is 1.48. The number of fused-ring (bicyclic) bond motifs is 1. The highest BCUT2D eigenvalue weighted by atomic mass is 35.5. The molecule has 1 heterocycles. The number of hydrogen-bond donors (Lipinski definition) is 0. The van der Waals surface area contributed by atoms with Crippen molar-refractivity contribution in [1.82, 2.24) is 4.57 Å². The van der Waals surface area contributed by atoms with Gasteiger partial charge in [0, 0.05) is 17.6 Å². The van der Waals surface area contributed by atoms with Crippen molar-refractivity contribution in [2.75, 3.05) is 0 Å². The topological polar surface area (TPSA) is 4.93 Å². The van der Waals surface area contributed by atoms with E-state index in [-0.39, 0.29) is 0 Å². The summed E-state index contributed by atoms with van der Waals surface area (Å²) >= 11 is 11.8. The molecule has 0 unspecified atom stereocenters. The number of nitrogens with zero attached hydrogens (tertiary/aromatic N) is 1. The Balaban J connectivity index is 2.78. The Morgan fingerprint density at radius 1 is 1.21 bits per heavy atom. The standard InChI is InChI=1S/C11H7Cl2N/c1-2-4-14-5-3-8-6-9(12)10(13)7-11(8)14/h3,5-7H,1H3. The summed E-state index contributed by atoms with van der Waals surface area (Å²) in [4.78, 5) is 0. The maximum absolute atomic E-state index is 5.92. The molecule has 1 aromatic heterocycles. The van der Waals surface area contributed by atoms with Gasteiger partial charge in [-0.05, 0) is 25.1 Å². The third-order valence-corrected chi connectivity index (χ3v) is 2.69. The van der Waals surface area contributed by atoms with Crippen LogP contribution in [0.5, 0.6) is 0 Å². The molecule has 14 heavy (non-hydrogen) atoms. The second-order valence-electron chi connectivity index (χ2n) is 2.87. The Labute approximate surface area is 92.2 Å². The molecule has 0 saturated carbocycles. The van der Waals surface area contributed by atoms with Crippen molar-refractivity contribution in [1.29, 1.82) is 0 Å². The van der Waals surface area contributed by atoms with E-state index >= 15 is 0 Å². The Morgan fingerprint density at radius 2 is 1.93 bits per heavy atom. The molecule has 0 bridgehead atoms. The van der Waals surface area contributed by atoms with Crippen LogP contribution in [0.15, 0.2) is 24.4 Å². The number of halogens is 2. The maximum Gasteiger partial charge on any atom is 0.0627 e. The first-order valence-corrected chi connectivity index (χ1v) is 4.87. The van der Waals surface area contributed by atoms with E-state index in [0.29, 0.717) is 10.0 Å². The van der Waals surface area contributed by atoms with Crippen LogP contribution in [-0.4, -0.2) is 4.57 Å². The zero-order valence-electron chi connectivity index (χ0n) is 7.51. The lowest BCUT2D eigenvalue weighted by Gasteiger charge is -1.98. The van der Waals surface area contributed by atoms with Crippen LogP contribution in [0.2, 0.25) is 10.0 Å². The van der Waals surface area contributed by atoms with Crippen LogP contribution in [-0.2, 0) is 0 Å². The van der Waals surface area contributed by atoms with Crippen LogP contribution in [0, 0.1) is 12.0 Å². The average molecular weight is 224 g/mol. The fraction of sp³-hybridized carbons (Fsp3) is 0.0909. The molecule has 0 N–H and O–H groups in total. The summed E-state index contributed by atoms with van der Waals surface area (Å²) in [6.07, 6.45) is 1.90. The number of rotatable bonds is 0. The van der Waals surface area contributed by atoms with E-state index < -0.39 is 0 Å². The van der Waals surface area contributed by atoms with Gasteiger partial charge in [0.2, 0.25) is 0 Å². The number of aromatic nitrogens is 1. The lowest BCUT2D eigenvalue weighted by atomic mass is 10.2. The molecule has 0 aliphatic rings. The highest BCUT2D eigenvalue weighted by Crippen LogP contribution is 2.28. The van der Waals surface area contributed by atoms with Gasteiger partial charge in [0.15, 0.2) is 0 Å². The van der Waals surface area contributed by atoms with E-state index in [1.807, 2.05) is 29.0 Å². The van der Waals surface area contributed by atoms with Crippen molar-refractivity contribution >= 4 is 34.1 Å². The summed E-state index contributed by atoms with van der Waals surface area (Å²) in [6.45, 7) is 1.79. The minimum Gasteiger partial charge on any atom is -0.276 e. The Morgan fingerprint density at radius 3 is 2.64 bits per heavy atom. The summed E-state index contributed by atoms with van der Waals surface area (Å²) < 4.78 is 1.83. The molecule has 0 aliphatic heterocycles. The van der Waals surface area contributed by atoms with E-state index in [0.717, 1.165) is 10.9 Å². The first-order chi connectivity index (χ1) is 6.72. The minimum absolute atomic E-state index is 0.553. The Hall–Kier alpha value is -1.10. The minimum atomic E-state index is 0.553. The zero-order chi connectivity index (χ0) is 10.1. The zero-order valence-corrected chi connectivity index (χ0v) is 9.02. The summed E-state index contributed by atoms with van der Waals surface area (Å²) in [5.74, 6) is 2.83. The Kier molecular flexibility index (Phi) is 2.41. The monoisotopic (exact) mass is 223 g/mol. The molecule has 0 aliphatic carbocycles. The summed E-state index contributed by atoms with van der Waals surface area (Å²) in [5.41, 5.74) is 0.980. The predicted molar refractivity (Wildman–Crippen MR) is 60.8 cm³/mol. The van der Waals surface area contributed by atoms with E-state index in [1.54, 1.807) is 6.92 Å².